The summed E-state index contributed by atoms with van der Waals surface area (Å²) in [7, 11) is 0. The van der Waals surface area contributed by atoms with Crippen molar-refractivity contribution < 1.29 is 40.2 Å². The molecule has 0 aliphatic rings. The Morgan fingerprint density at radius 1 is 0.718 bits per heavy atom. The van der Waals surface area contributed by atoms with E-state index in [1.54, 1.807) is 30.3 Å². The number of hydrogen-bond acceptors (Lipinski definition) is 2. The molecule has 4 rings (SSSR count). The Labute approximate surface area is 220 Å². The lowest BCUT2D eigenvalue weighted by Crippen LogP contribution is -2.18. The van der Waals surface area contributed by atoms with Crippen LogP contribution >= 0.6 is 0 Å². The van der Waals surface area contributed by atoms with Crippen molar-refractivity contribution in [3.63, 3.8) is 0 Å². The number of rotatable bonds is 10. The minimum atomic E-state index is -5.00. The highest BCUT2D eigenvalue weighted by atomic mass is 19.4. The first-order chi connectivity index (χ1) is 18.5. The molecule has 0 amide bonds. The molecule has 0 aromatic heterocycles. The van der Waals surface area contributed by atoms with E-state index in [1.165, 1.54) is 12.1 Å². The molecule has 9 heteroatoms. The van der Waals surface area contributed by atoms with Gasteiger partial charge in [-0.05, 0) is 59.9 Å². The fraction of sp³-hybridized carbons (Fsp3) is 0.200. The van der Waals surface area contributed by atoms with Gasteiger partial charge >= 0.3 is 6.36 Å². The fourth-order valence-electron chi connectivity index (χ4n) is 4.25. The SMILES string of the molecule is C=CCOc1cc(F)c(CCc2ccc3c(F)c(CCc4ccc(OC(F)(F)F)c(F)c4)ccc3c2)c(F)c1. The second kappa shape index (κ2) is 11.8. The van der Waals surface area contributed by atoms with E-state index >= 15 is 4.39 Å². The normalized spacial score (nSPS) is 11.6. The number of aryl methyl sites for hydroxylation is 3. The molecule has 0 fully saturated rings. The van der Waals surface area contributed by atoms with Gasteiger partial charge in [-0.3, -0.25) is 0 Å². The molecule has 4 aromatic rings. The topological polar surface area (TPSA) is 18.5 Å². The minimum Gasteiger partial charge on any atom is -0.489 e. The van der Waals surface area contributed by atoms with E-state index in [2.05, 4.69) is 11.3 Å². The summed E-state index contributed by atoms with van der Waals surface area (Å²) in [5, 5.41) is 0.944. The quantitative estimate of drug-likeness (QED) is 0.146. The molecule has 0 aliphatic heterocycles. The van der Waals surface area contributed by atoms with E-state index in [1.807, 2.05) is 0 Å². The van der Waals surface area contributed by atoms with Crippen LogP contribution in [0.1, 0.15) is 22.3 Å². The van der Waals surface area contributed by atoms with Crippen LogP contribution in [0.4, 0.5) is 30.7 Å². The lowest BCUT2D eigenvalue weighted by atomic mass is 9.97. The third-order valence-corrected chi connectivity index (χ3v) is 6.15. The summed E-state index contributed by atoms with van der Waals surface area (Å²) in [6, 6.07) is 13.7. The van der Waals surface area contributed by atoms with E-state index in [-0.39, 0.29) is 37.2 Å². The maximum atomic E-state index is 15.2. The van der Waals surface area contributed by atoms with Gasteiger partial charge in [0.1, 0.15) is 29.8 Å². The Balaban J connectivity index is 1.43. The second-order valence-corrected chi connectivity index (χ2v) is 8.87. The van der Waals surface area contributed by atoms with Gasteiger partial charge in [-0.25, -0.2) is 17.6 Å². The highest BCUT2D eigenvalue weighted by Crippen LogP contribution is 2.28. The highest BCUT2D eigenvalue weighted by molar-refractivity contribution is 5.84. The molecule has 0 saturated carbocycles. The predicted molar refractivity (Wildman–Crippen MR) is 134 cm³/mol. The lowest BCUT2D eigenvalue weighted by molar-refractivity contribution is -0.275. The minimum absolute atomic E-state index is 0.0722. The van der Waals surface area contributed by atoms with Crippen molar-refractivity contribution in [2.75, 3.05) is 6.61 Å². The molecular formula is C30H23F7O2. The maximum Gasteiger partial charge on any atom is 0.573 e. The van der Waals surface area contributed by atoms with Gasteiger partial charge in [0.05, 0.1) is 0 Å². The van der Waals surface area contributed by atoms with Crippen LogP contribution in [0.5, 0.6) is 11.5 Å². The standard InChI is InChI=1S/C30H23F7O2/c1-2-13-38-22-16-25(31)24(26(32)17-22)11-5-18-4-10-23-21(14-18)9-8-20(29(23)34)7-3-19-6-12-28(27(33)15-19)39-30(35,36)37/h2,4,6,8-10,12,14-17H,1,3,5,7,11,13H2. The van der Waals surface area contributed by atoms with Gasteiger partial charge in [-0.2, -0.15) is 0 Å². The molecule has 0 atom stereocenters. The maximum absolute atomic E-state index is 15.2. The van der Waals surface area contributed by atoms with E-state index < -0.39 is 35.4 Å². The molecule has 4 aromatic carbocycles. The molecule has 0 aliphatic carbocycles. The molecule has 0 spiro atoms. The van der Waals surface area contributed by atoms with Crippen LogP contribution < -0.4 is 9.47 Å². The van der Waals surface area contributed by atoms with Gasteiger partial charge in [0.15, 0.2) is 11.6 Å². The summed E-state index contributed by atoms with van der Waals surface area (Å²) in [4.78, 5) is 0. The van der Waals surface area contributed by atoms with Crippen LogP contribution in [-0.2, 0) is 25.7 Å². The number of fused-ring (bicyclic) bond motifs is 1. The summed E-state index contributed by atoms with van der Waals surface area (Å²) in [6.07, 6.45) is -2.75. The van der Waals surface area contributed by atoms with Crippen molar-refractivity contribution >= 4 is 10.8 Å². The second-order valence-electron chi connectivity index (χ2n) is 8.87. The van der Waals surface area contributed by atoms with Crippen LogP contribution in [0.2, 0.25) is 0 Å². The van der Waals surface area contributed by atoms with Gasteiger partial charge in [0, 0.05) is 23.1 Å². The number of hydrogen-bond donors (Lipinski definition) is 0. The average molecular weight is 548 g/mol. The third kappa shape index (κ3) is 7.10. The molecule has 39 heavy (non-hydrogen) atoms. The van der Waals surface area contributed by atoms with E-state index in [4.69, 9.17) is 4.74 Å². The molecule has 0 unspecified atom stereocenters. The Bertz CT molecular complexity index is 1470. The van der Waals surface area contributed by atoms with Crippen molar-refractivity contribution in [3.05, 3.63) is 119 Å². The molecular weight excluding hydrogens is 525 g/mol. The number of ether oxygens (including phenoxy) is 2. The zero-order valence-electron chi connectivity index (χ0n) is 20.6. The summed E-state index contributed by atoms with van der Waals surface area (Å²) >= 11 is 0. The molecule has 0 heterocycles. The van der Waals surface area contributed by atoms with Crippen molar-refractivity contribution in [1.82, 2.24) is 0 Å². The van der Waals surface area contributed by atoms with Crippen LogP contribution in [0.15, 0.2) is 73.3 Å². The van der Waals surface area contributed by atoms with Crippen molar-refractivity contribution in [2.45, 2.75) is 32.0 Å². The van der Waals surface area contributed by atoms with E-state index in [0.29, 0.717) is 28.3 Å². The Morgan fingerprint density at radius 3 is 2.05 bits per heavy atom. The summed E-state index contributed by atoms with van der Waals surface area (Å²) < 4.78 is 104. The Morgan fingerprint density at radius 2 is 1.38 bits per heavy atom. The zero-order valence-corrected chi connectivity index (χ0v) is 20.6. The molecule has 0 bridgehead atoms. The van der Waals surface area contributed by atoms with Crippen molar-refractivity contribution in [3.8, 4) is 11.5 Å². The molecule has 0 N–H and O–H groups in total. The highest BCUT2D eigenvalue weighted by Gasteiger charge is 2.32. The molecule has 2 nitrogen and oxygen atoms in total. The largest absolute Gasteiger partial charge is 0.573 e. The predicted octanol–water partition coefficient (Wildman–Crippen LogP) is 8.43. The van der Waals surface area contributed by atoms with Crippen LogP contribution in [0.3, 0.4) is 0 Å². The summed E-state index contributed by atoms with van der Waals surface area (Å²) in [6.45, 7) is 3.61. The van der Waals surface area contributed by atoms with Gasteiger partial charge in [-0.1, -0.05) is 49.1 Å². The first-order valence-corrected chi connectivity index (χ1v) is 12.0. The van der Waals surface area contributed by atoms with Crippen LogP contribution in [0, 0.1) is 23.3 Å². The van der Waals surface area contributed by atoms with Gasteiger partial charge in [-0.15, -0.1) is 13.2 Å². The van der Waals surface area contributed by atoms with Crippen molar-refractivity contribution in [2.24, 2.45) is 0 Å². The molecule has 0 radical (unpaired) electrons. The Kier molecular flexibility index (Phi) is 8.47. The first kappa shape index (κ1) is 28.0. The molecule has 0 saturated heterocycles. The smallest absolute Gasteiger partial charge is 0.489 e. The third-order valence-electron chi connectivity index (χ3n) is 6.15. The lowest BCUT2D eigenvalue weighted by Gasteiger charge is -2.12. The number of benzene rings is 4. The number of alkyl halides is 3. The van der Waals surface area contributed by atoms with E-state index in [9.17, 15) is 26.3 Å². The fourth-order valence-corrected chi connectivity index (χ4v) is 4.25. The average Bonchev–Trinajstić information content (AvgIpc) is 2.87. The number of halogens is 7. The monoisotopic (exact) mass is 548 g/mol. The van der Waals surface area contributed by atoms with Gasteiger partial charge < -0.3 is 9.47 Å². The summed E-state index contributed by atoms with van der Waals surface area (Å²) in [5.41, 5.74) is 1.43. The van der Waals surface area contributed by atoms with Gasteiger partial charge in [0.2, 0.25) is 0 Å². The van der Waals surface area contributed by atoms with E-state index in [0.717, 1.165) is 29.8 Å². The van der Waals surface area contributed by atoms with Crippen LogP contribution in [-0.4, -0.2) is 13.0 Å². The molecule has 204 valence electrons. The van der Waals surface area contributed by atoms with Crippen LogP contribution in [0.25, 0.3) is 10.8 Å². The Hall–Kier alpha value is -4.01. The zero-order chi connectivity index (χ0) is 28.2. The van der Waals surface area contributed by atoms with Gasteiger partial charge in [0.25, 0.3) is 0 Å². The van der Waals surface area contributed by atoms with Crippen molar-refractivity contribution in [1.29, 1.82) is 0 Å². The first-order valence-electron chi connectivity index (χ1n) is 12.0. The summed E-state index contributed by atoms with van der Waals surface area (Å²) in [5.74, 6) is -3.92.